The highest BCUT2D eigenvalue weighted by Gasteiger charge is 2.32. The van der Waals surface area contributed by atoms with Crippen LogP contribution >= 0.6 is 11.8 Å². The fraction of sp³-hybridized carbons (Fsp3) is 0.692. The minimum atomic E-state index is -3.17. The van der Waals surface area contributed by atoms with Gasteiger partial charge in [0, 0.05) is 36.8 Å². The van der Waals surface area contributed by atoms with Crippen LogP contribution in [-0.2, 0) is 16.4 Å². The molecule has 1 saturated heterocycles. The molecule has 1 atom stereocenters. The molecule has 0 bridgehead atoms. The summed E-state index contributed by atoms with van der Waals surface area (Å²) in [5.74, 6) is 2.41. The van der Waals surface area contributed by atoms with Gasteiger partial charge in [0.25, 0.3) is 0 Å². The lowest BCUT2D eigenvalue weighted by Crippen LogP contribution is -2.47. The molecule has 2 rings (SSSR count). The van der Waals surface area contributed by atoms with E-state index in [1.807, 2.05) is 18.7 Å². The summed E-state index contributed by atoms with van der Waals surface area (Å²) in [6.07, 6.45) is 3.00. The lowest BCUT2D eigenvalue weighted by atomic mass is 10.2. The second-order valence-electron chi connectivity index (χ2n) is 5.47. The highest BCUT2D eigenvalue weighted by molar-refractivity contribution is 8.01. The Balaban J connectivity index is 2.43. The van der Waals surface area contributed by atoms with E-state index in [1.165, 1.54) is 6.26 Å². The number of anilines is 1. The topological polar surface area (TPSA) is 89.2 Å². The Labute approximate surface area is 130 Å². The molecular weight excluding hydrogens is 308 g/mol. The van der Waals surface area contributed by atoms with Crippen LogP contribution in [0.4, 0.5) is 5.69 Å². The number of aromatic nitrogens is 2. The third-order valence-electron chi connectivity index (χ3n) is 3.46. The number of nitrogens with two attached hydrogens (primary N) is 1. The molecular formula is C13H22N4O2S2. The quantitative estimate of drug-likeness (QED) is 0.880. The summed E-state index contributed by atoms with van der Waals surface area (Å²) in [5.41, 5.74) is 7.27. The summed E-state index contributed by atoms with van der Waals surface area (Å²) in [6, 6.07) is 0. The predicted molar refractivity (Wildman–Crippen MR) is 87.3 cm³/mol. The largest absolute Gasteiger partial charge is 0.351 e. The van der Waals surface area contributed by atoms with Gasteiger partial charge in [0.2, 0.25) is 0 Å². The van der Waals surface area contributed by atoms with E-state index >= 15 is 0 Å². The van der Waals surface area contributed by atoms with Gasteiger partial charge in [-0.25, -0.2) is 18.4 Å². The maximum absolute atomic E-state index is 12.0. The van der Waals surface area contributed by atoms with Gasteiger partial charge in [-0.2, -0.15) is 11.8 Å². The van der Waals surface area contributed by atoms with Crippen LogP contribution < -0.4 is 10.6 Å². The standard InChI is InChI=1S/C13H22N4O2S2/c1-9(2)13-15-7-11(10(6-14)16-13)17-4-5-20-8-12(17)21(3,18)19/h7,9,12H,4-6,8,14H2,1-3H3. The first-order valence-corrected chi connectivity index (χ1v) is 10.0. The zero-order chi connectivity index (χ0) is 15.6. The summed E-state index contributed by atoms with van der Waals surface area (Å²) in [4.78, 5) is 10.8. The van der Waals surface area contributed by atoms with E-state index in [-0.39, 0.29) is 12.5 Å². The molecule has 21 heavy (non-hydrogen) atoms. The zero-order valence-electron chi connectivity index (χ0n) is 12.6. The molecule has 1 aromatic rings. The average Bonchev–Trinajstić information content (AvgIpc) is 2.45. The van der Waals surface area contributed by atoms with Crippen molar-refractivity contribution in [3.05, 3.63) is 17.7 Å². The third-order valence-corrected chi connectivity index (χ3v) is 6.11. The van der Waals surface area contributed by atoms with Gasteiger partial charge in [0.05, 0.1) is 17.6 Å². The molecule has 1 unspecified atom stereocenters. The van der Waals surface area contributed by atoms with Crippen LogP contribution in [0.3, 0.4) is 0 Å². The Hall–Kier alpha value is -0.860. The van der Waals surface area contributed by atoms with E-state index in [0.29, 0.717) is 18.0 Å². The fourth-order valence-electron chi connectivity index (χ4n) is 2.31. The Morgan fingerprint density at radius 3 is 2.81 bits per heavy atom. The number of rotatable bonds is 4. The molecule has 6 nitrogen and oxygen atoms in total. The van der Waals surface area contributed by atoms with E-state index in [4.69, 9.17) is 5.73 Å². The maximum Gasteiger partial charge on any atom is 0.169 e. The molecule has 2 heterocycles. The van der Waals surface area contributed by atoms with Gasteiger partial charge >= 0.3 is 0 Å². The number of thioether (sulfide) groups is 1. The highest BCUT2D eigenvalue weighted by Crippen LogP contribution is 2.28. The molecule has 118 valence electrons. The van der Waals surface area contributed by atoms with Crippen LogP contribution in [0, 0.1) is 0 Å². The fourth-order valence-corrected chi connectivity index (χ4v) is 5.14. The van der Waals surface area contributed by atoms with Crippen molar-refractivity contribution in [1.82, 2.24) is 9.97 Å². The lowest BCUT2D eigenvalue weighted by Gasteiger charge is -2.36. The highest BCUT2D eigenvalue weighted by atomic mass is 32.2. The first kappa shape index (κ1) is 16.5. The van der Waals surface area contributed by atoms with Gasteiger partial charge in [0.15, 0.2) is 9.84 Å². The molecule has 1 aliphatic rings. The summed E-state index contributed by atoms with van der Waals surface area (Å²) in [6.45, 7) is 4.98. The Bertz CT molecular complexity index is 604. The van der Waals surface area contributed by atoms with E-state index < -0.39 is 15.2 Å². The molecule has 0 aromatic carbocycles. The third kappa shape index (κ3) is 3.67. The predicted octanol–water partition coefficient (Wildman–Crippen LogP) is 0.983. The first-order chi connectivity index (χ1) is 9.84. The normalized spacial score (nSPS) is 20.0. The van der Waals surface area contributed by atoms with Crippen LogP contribution in [0.5, 0.6) is 0 Å². The molecule has 8 heteroatoms. The van der Waals surface area contributed by atoms with Crippen molar-refractivity contribution in [3.8, 4) is 0 Å². The van der Waals surface area contributed by atoms with Crippen molar-refractivity contribution in [2.45, 2.75) is 31.7 Å². The average molecular weight is 330 g/mol. The van der Waals surface area contributed by atoms with Crippen LogP contribution in [0.25, 0.3) is 0 Å². The molecule has 1 aliphatic heterocycles. The monoisotopic (exact) mass is 330 g/mol. The van der Waals surface area contributed by atoms with Gasteiger partial charge in [-0.15, -0.1) is 0 Å². The first-order valence-electron chi connectivity index (χ1n) is 6.93. The minimum Gasteiger partial charge on any atom is -0.351 e. The lowest BCUT2D eigenvalue weighted by molar-refractivity contribution is 0.583. The molecule has 0 spiro atoms. The molecule has 2 N–H and O–H groups in total. The zero-order valence-corrected chi connectivity index (χ0v) is 14.2. The second-order valence-corrected chi connectivity index (χ2v) is 8.82. The van der Waals surface area contributed by atoms with Crippen molar-refractivity contribution in [3.63, 3.8) is 0 Å². The van der Waals surface area contributed by atoms with E-state index in [2.05, 4.69) is 9.97 Å². The van der Waals surface area contributed by atoms with Crippen molar-refractivity contribution in [1.29, 1.82) is 0 Å². The SMILES string of the molecule is CC(C)c1ncc(N2CCSCC2S(C)(=O)=O)c(CN)n1. The number of hydrogen-bond acceptors (Lipinski definition) is 7. The van der Waals surface area contributed by atoms with Crippen molar-refractivity contribution in [2.75, 3.05) is 29.2 Å². The summed E-state index contributed by atoms with van der Waals surface area (Å²) < 4.78 is 24.0. The van der Waals surface area contributed by atoms with E-state index in [0.717, 1.165) is 17.3 Å². The summed E-state index contributed by atoms with van der Waals surface area (Å²) >= 11 is 1.66. The van der Waals surface area contributed by atoms with Crippen molar-refractivity contribution < 1.29 is 8.42 Å². The molecule has 0 amide bonds. The second kappa shape index (κ2) is 6.50. The Morgan fingerprint density at radius 2 is 2.24 bits per heavy atom. The molecule has 0 saturated carbocycles. The number of nitrogens with zero attached hydrogens (tertiary/aromatic N) is 3. The summed E-state index contributed by atoms with van der Waals surface area (Å²) in [7, 11) is -3.17. The Kier molecular flexibility index (Phi) is 5.11. The van der Waals surface area contributed by atoms with Gasteiger partial charge < -0.3 is 10.6 Å². The van der Waals surface area contributed by atoms with Gasteiger partial charge in [-0.05, 0) is 0 Å². The van der Waals surface area contributed by atoms with Gasteiger partial charge in [0.1, 0.15) is 11.2 Å². The van der Waals surface area contributed by atoms with Crippen molar-refractivity contribution in [2.24, 2.45) is 5.73 Å². The van der Waals surface area contributed by atoms with Crippen LogP contribution in [0.1, 0.15) is 31.3 Å². The van der Waals surface area contributed by atoms with E-state index in [9.17, 15) is 8.42 Å². The minimum absolute atomic E-state index is 0.215. The van der Waals surface area contributed by atoms with Crippen LogP contribution in [0.2, 0.25) is 0 Å². The summed E-state index contributed by atoms with van der Waals surface area (Å²) in [5, 5.41) is -0.532. The number of hydrogen-bond donors (Lipinski definition) is 1. The molecule has 1 fully saturated rings. The van der Waals surface area contributed by atoms with E-state index in [1.54, 1.807) is 18.0 Å². The molecule has 1 aromatic heterocycles. The molecule has 0 radical (unpaired) electrons. The maximum atomic E-state index is 12.0. The smallest absolute Gasteiger partial charge is 0.169 e. The van der Waals surface area contributed by atoms with Crippen LogP contribution in [-0.4, -0.2) is 48.1 Å². The number of sulfone groups is 1. The van der Waals surface area contributed by atoms with Gasteiger partial charge in [-0.3, -0.25) is 0 Å². The van der Waals surface area contributed by atoms with Crippen molar-refractivity contribution >= 4 is 27.3 Å². The van der Waals surface area contributed by atoms with Gasteiger partial charge in [-0.1, -0.05) is 13.8 Å². The van der Waals surface area contributed by atoms with Crippen LogP contribution in [0.15, 0.2) is 6.20 Å². The molecule has 0 aliphatic carbocycles. The Morgan fingerprint density at radius 1 is 1.52 bits per heavy atom.